The molecule has 24 heavy (non-hydrogen) atoms. The predicted octanol–water partition coefficient (Wildman–Crippen LogP) is 4.42. The second-order valence-electron chi connectivity index (χ2n) is 5.65. The molecule has 0 amide bonds. The highest BCUT2D eigenvalue weighted by atomic mass is 35.5. The Hall–Kier alpha value is -1.34. The molecule has 3 aromatic rings. The lowest BCUT2D eigenvalue weighted by atomic mass is 10.1. The molecule has 0 bridgehead atoms. The highest BCUT2D eigenvalue weighted by Gasteiger charge is 2.17. The molecule has 0 saturated heterocycles. The molecule has 0 unspecified atom stereocenters. The minimum atomic E-state index is 0. The van der Waals surface area contributed by atoms with E-state index in [9.17, 15) is 0 Å². The van der Waals surface area contributed by atoms with E-state index in [-0.39, 0.29) is 17.7 Å². The fourth-order valence-corrected chi connectivity index (χ4v) is 3.95. The molecule has 3 N–H and O–H groups in total. The quantitative estimate of drug-likeness (QED) is 0.613. The molecule has 0 saturated carbocycles. The summed E-state index contributed by atoms with van der Waals surface area (Å²) in [6.07, 6.45) is 2.60. The summed E-state index contributed by atoms with van der Waals surface area (Å²) in [4.78, 5) is 10.0. The molecule has 0 aliphatic rings. The van der Waals surface area contributed by atoms with Gasteiger partial charge in [-0.3, -0.25) is 0 Å². The molecule has 8 heteroatoms. The molecule has 3 heterocycles. The zero-order chi connectivity index (χ0) is 16.4. The second-order valence-corrected chi connectivity index (χ2v) is 7.09. The summed E-state index contributed by atoms with van der Waals surface area (Å²) in [5.41, 5.74) is 7.83. The number of anilines is 1. The van der Waals surface area contributed by atoms with Crippen LogP contribution in [0.3, 0.4) is 0 Å². The normalized spacial score (nSPS) is 12.2. The summed E-state index contributed by atoms with van der Waals surface area (Å²) in [7, 11) is 0. The minimum Gasteiger partial charge on any atom is -0.467 e. The fraction of sp³-hybridized carbons (Fsp3) is 0.375. The lowest BCUT2D eigenvalue weighted by Gasteiger charge is -2.06. The number of halogens is 2. The molecule has 3 rings (SSSR count). The van der Waals surface area contributed by atoms with Gasteiger partial charge in [-0.2, -0.15) is 4.98 Å². The van der Waals surface area contributed by atoms with E-state index in [1.807, 2.05) is 12.1 Å². The molecule has 3 aromatic heterocycles. The van der Waals surface area contributed by atoms with Crippen LogP contribution in [0.4, 0.5) is 5.82 Å². The number of aryl methyl sites for hydroxylation is 1. The van der Waals surface area contributed by atoms with Gasteiger partial charge >= 0.3 is 0 Å². The van der Waals surface area contributed by atoms with Gasteiger partial charge in [-0.15, -0.1) is 23.7 Å². The van der Waals surface area contributed by atoms with Gasteiger partial charge in [0.1, 0.15) is 11.6 Å². The molecular formula is C16H20Cl2N4OS. The van der Waals surface area contributed by atoms with Crippen LogP contribution in [0, 0.1) is 12.8 Å². The molecule has 0 fully saturated rings. The summed E-state index contributed by atoms with van der Waals surface area (Å²) < 4.78 is 6.37. The van der Waals surface area contributed by atoms with Gasteiger partial charge in [0.05, 0.1) is 23.0 Å². The van der Waals surface area contributed by atoms with Crippen molar-refractivity contribution in [1.29, 1.82) is 0 Å². The summed E-state index contributed by atoms with van der Waals surface area (Å²) in [5, 5.41) is 3.54. The van der Waals surface area contributed by atoms with E-state index in [0.29, 0.717) is 19.0 Å². The lowest BCUT2D eigenvalue weighted by molar-refractivity contribution is 0.518. The summed E-state index contributed by atoms with van der Waals surface area (Å²) in [6, 6.07) is 3.78. The van der Waals surface area contributed by atoms with E-state index in [0.717, 1.165) is 33.8 Å². The van der Waals surface area contributed by atoms with E-state index in [4.69, 9.17) is 21.8 Å². The van der Waals surface area contributed by atoms with E-state index in [2.05, 4.69) is 29.1 Å². The number of aromatic nitrogens is 2. The third kappa shape index (κ3) is 4.00. The van der Waals surface area contributed by atoms with Crippen LogP contribution in [0.1, 0.15) is 23.1 Å². The van der Waals surface area contributed by atoms with Crippen LogP contribution in [0.5, 0.6) is 0 Å². The standard InChI is InChI=1S/C16H19ClN4OS.ClH/c1-9(7-18)6-12-10(2)13-14(23-12)15(21-16(17)20-13)19-8-11-4-3-5-22-11;/h3-5,9H,6-8,18H2,1-2H3,(H,19,20,21);1H/t9-;/m1./s1. The minimum absolute atomic E-state index is 0. The Morgan fingerprint density at radius 1 is 1.42 bits per heavy atom. The largest absolute Gasteiger partial charge is 0.467 e. The van der Waals surface area contributed by atoms with Gasteiger partial charge in [-0.25, -0.2) is 4.98 Å². The zero-order valence-corrected chi connectivity index (χ0v) is 15.9. The van der Waals surface area contributed by atoms with Crippen LogP contribution >= 0.6 is 35.3 Å². The average molecular weight is 387 g/mol. The maximum absolute atomic E-state index is 6.10. The number of hydrogen-bond donors (Lipinski definition) is 2. The molecule has 0 spiro atoms. The van der Waals surface area contributed by atoms with Crippen LogP contribution in [-0.2, 0) is 13.0 Å². The van der Waals surface area contributed by atoms with Crippen LogP contribution in [-0.4, -0.2) is 16.5 Å². The third-order valence-electron chi connectivity index (χ3n) is 3.78. The number of nitrogens with zero attached hydrogens (tertiary/aromatic N) is 2. The molecule has 5 nitrogen and oxygen atoms in total. The predicted molar refractivity (Wildman–Crippen MR) is 102 cm³/mol. The molecule has 130 valence electrons. The Balaban J connectivity index is 0.00000208. The molecule has 0 radical (unpaired) electrons. The van der Waals surface area contributed by atoms with Crippen molar-refractivity contribution in [3.63, 3.8) is 0 Å². The SMILES string of the molecule is Cc1c(C[C@@H](C)CN)sc2c(NCc3ccco3)nc(Cl)nc12.Cl. The Morgan fingerprint density at radius 2 is 2.21 bits per heavy atom. The van der Waals surface area contributed by atoms with E-state index in [1.54, 1.807) is 17.6 Å². The first-order chi connectivity index (χ1) is 11.1. The highest BCUT2D eigenvalue weighted by molar-refractivity contribution is 7.19. The number of thiophene rings is 1. The van der Waals surface area contributed by atoms with E-state index in [1.165, 1.54) is 4.88 Å². The number of nitrogens with one attached hydrogen (secondary N) is 1. The average Bonchev–Trinajstić information content (AvgIpc) is 3.15. The van der Waals surface area contributed by atoms with Gasteiger partial charge in [0, 0.05) is 4.88 Å². The first-order valence-electron chi connectivity index (χ1n) is 7.50. The zero-order valence-electron chi connectivity index (χ0n) is 13.5. The highest BCUT2D eigenvalue weighted by Crippen LogP contribution is 2.36. The Kier molecular flexibility index (Phi) is 6.46. The first-order valence-corrected chi connectivity index (χ1v) is 8.69. The van der Waals surface area contributed by atoms with Gasteiger partial charge in [-0.1, -0.05) is 6.92 Å². The van der Waals surface area contributed by atoms with Crippen LogP contribution in [0.2, 0.25) is 5.28 Å². The number of furan rings is 1. The number of nitrogens with two attached hydrogens (primary N) is 1. The van der Waals surface area contributed by atoms with Crippen molar-refractivity contribution in [3.8, 4) is 0 Å². The summed E-state index contributed by atoms with van der Waals surface area (Å²) >= 11 is 7.81. The summed E-state index contributed by atoms with van der Waals surface area (Å²) in [5.74, 6) is 2.03. The second kappa shape index (κ2) is 8.16. The Morgan fingerprint density at radius 3 is 2.88 bits per heavy atom. The Labute approximate surface area is 156 Å². The lowest BCUT2D eigenvalue weighted by Crippen LogP contribution is -2.12. The molecule has 0 aromatic carbocycles. The molecule has 0 aliphatic carbocycles. The van der Waals surface area contributed by atoms with Crippen molar-refractivity contribution in [2.75, 3.05) is 11.9 Å². The Bertz CT molecular complexity index is 804. The maximum atomic E-state index is 6.10. The summed E-state index contributed by atoms with van der Waals surface area (Å²) in [6.45, 7) is 5.46. The smallest absolute Gasteiger partial charge is 0.224 e. The van der Waals surface area contributed by atoms with Crippen LogP contribution in [0.25, 0.3) is 10.2 Å². The van der Waals surface area contributed by atoms with Gasteiger partial charge < -0.3 is 15.5 Å². The van der Waals surface area contributed by atoms with E-state index >= 15 is 0 Å². The van der Waals surface area contributed by atoms with Crippen molar-refractivity contribution < 1.29 is 4.42 Å². The number of hydrogen-bond acceptors (Lipinski definition) is 6. The molecular weight excluding hydrogens is 367 g/mol. The van der Waals surface area contributed by atoms with Crippen LogP contribution < -0.4 is 11.1 Å². The van der Waals surface area contributed by atoms with Crippen molar-refractivity contribution in [2.45, 2.75) is 26.8 Å². The van der Waals surface area contributed by atoms with Crippen LogP contribution in [0.15, 0.2) is 22.8 Å². The van der Waals surface area contributed by atoms with Gasteiger partial charge in [-0.05, 0) is 55.1 Å². The van der Waals surface area contributed by atoms with E-state index < -0.39 is 0 Å². The van der Waals surface area contributed by atoms with Gasteiger partial charge in [0.25, 0.3) is 0 Å². The monoisotopic (exact) mass is 386 g/mol. The van der Waals surface area contributed by atoms with Crippen molar-refractivity contribution >= 4 is 51.4 Å². The number of fused-ring (bicyclic) bond motifs is 1. The topological polar surface area (TPSA) is 77.0 Å². The molecule has 1 atom stereocenters. The van der Waals surface area contributed by atoms with Crippen molar-refractivity contribution in [2.24, 2.45) is 11.7 Å². The van der Waals surface area contributed by atoms with Crippen molar-refractivity contribution in [1.82, 2.24) is 9.97 Å². The number of rotatable bonds is 6. The van der Waals surface area contributed by atoms with Gasteiger partial charge in [0.15, 0.2) is 0 Å². The molecule has 0 aliphatic heterocycles. The van der Waals surface area contributed by atoms with Crippen molar-refractivity contribution in [3.05, 3.63) is 39.9 Å². The maximum Gasteiger partial charge on any atom is 0.224 e. The fourth-order valence-electron chi connectivity index (χ4n) is 2.40. The van der Waals surface area contributed by atoms with Gasteiger partial charge in [0.2, 0.25) is 5.28 Å². The third-order valence-corrected chi connectivity index (χ3v) is 5.26. The first kappa shape index (κ1) is 19.0.